The number of hydrogen-bond donors (Lipinski definition) is 1. The monoisotopic (exact) mass is 366 g/mol. The van der Waals surface area contributed by atoms with Crippen LogP contribution in [0.3, 0.4) is 0 Å². The Hall–Kier alpha value is -3.10. The van der Waals surface area contributed by atoms with E-state index < -0.39 is 17.7 Å². The molecule has 9 heteroatoms. The van der Waals surface area contributed by atoms with Crippen LogP contribution >= 0.6 is 0 Å². The molecule has 0 spiro atoms. The lowest BCUT2D eigenvalue weighted by atomic mass is 10.0. The lowest BCUT2D eigenvalue weighted by Crippen LogP contribution is -2.17. The van der Waals surface area contributed by atoms with Crippen LogP contribution in [0.15, 0.2) is 37.5 Å². The highest BCUT2D eigenvalue weighted by Crippen LogP contribution is 2.39. The van der Waals surface area contributed by atoms with Crippen molar-refractivity contribution in [1.29, 1.82) is 0 Å². The van der Waals surface area contributed by atoms with E-state index in [0.717, 1.165) is 6.07 Å². The molecule has 0 aromatic carbocycles. The molecular formula is C17H17F3N4O2. The van der Waals surface area contributed by atoms with Gasteiger partial charge in [0.05, 0.1) is 18.1 Å². The number of alkyl halides is 3. The molecule has 0 aliphatic rings. The van der Waals surface area contributed by atoms with Crippen molar-refractivity contribution in [1.82, 2.24) is 14.8 Å². The second-order valence-electron chi connectivity index (χ2n) is 5.22. The Morgan fingerprint density at radius 3 is 2.65 bits per heavy atom. The van der Waals surface area contributed by atoms with Crippen molar-refractivity contribution in [2.75, 3.05) is 19.0 Å². The molecule has 2 heterocycles. The lowest BCUT2D eigenvalue weighted by molar-refractivity contribution is -0.138. The normalized spacial score (nSPS) is 12.1. The minimum absolute atomic E-state index is 0.0130. The number of rotatable bonds is 6. The van der Waals surface area contributed by atoms with Crippen molar-refractivity contribution in [2.45, 2.75) is 6.18 Å². The van der Waals surface area contributed by atoms with E-state index in [1.54, 1.807) is 0 Å². The van der Waals surface area contributed by atoms with Crippen LogP contribution in [0.2, 0.25) is 0 Å². The van der Waals surface area contributed by atoms with Crippen LogP contribution in [0.4, 0.5) is 19.0 Å². The van der Waals surface area contributed by atoms with Gasteiger partial charge in [-0.25, -0.2) is 9.67 Å². The number of aromatic nitrogens is 3. The molecule has 0 aliphatic heterocycles. The number of methoxy groups -OCH3 is 1. The third-order valence-electron chi connectivity index (χ3n) is 3.53. The number of esters is 1. The highest BCUT2D eigenvalue weighted by molar-refractivity contribution is 5.95. The number of hydrogen-bond acceptors (Lipinski definition) is 5. The van der Waals surface area contributed by atoms with E-state index in [1.165, 1.54) is 37.1 Å². The van der Waals surface area contributed by atoms with E-state index in [0.29, 0.717) is 5.57 Å². The third-order valence-corrected chi connectivity index (χ3v) is 3.53. The van der Waals surface area contributed by atoms with Gasteiger partial charge in [0.1, 0.15) is 18.1 Å². The van der Waals surface area contributed by atoms with E-state index in [9.17, 15) is 18.0 Å². The van der Waals surface area contributed by atoms with E-state index in [2.05, 4.69) is 33.3 Å². The van der Waals surface area contributed by atoms with Crippen molar-refractivity contribution in [2.24, 2.45) is 7.05 Å². The molecule has 1 N–H and O–H groups in total. The third kappa shape index (κ3) is 3.76. The molecule has 6 nitrogen and oxygen atoms in total. The maximum Gasteiger partial charge on any atom is 0.417 e. The quantitative estimate of drug-likeness (QED) is 0.627. The summed E-state index contributed by atoms with van der Waals surface area (Å²) in [4.78, 5) is 15.4. The number of anilines is 1. The Morgan fingerprint density at radius 2 is 2.12 bits per heavy atom. The number of carbonyl (C=O) groups excluding carboxylic acids is 1. The summed E-state index contributed by atoms with van der Waals surface area (Å²) >= 11 is 0. The summed E-state index contributed by atoms with van der Waals surface area (Å²) in [5.74, 6) is -0.744. The molecule has 0 radical (unpaired) electrons. The van der Waals surface area contributed by atoms with Crippen molar-refractivity contribution in [3.63, 3.8) is 0 Å². The molecule has 0 atom stereocenters. The Labute approximate surface area is 147 Å². The summed E-state index contributed by atoms with van der Waals surface area (Å²) in [5.41, 5.74) is -0.432. The molecule has 138 valence electrons. The number of halogens is 3. The summed E-state index contributed by atoms with van der Waals surface area (Å²) in [7, 11) is 2.66. The van der Waals surface area contributed by atoms with Crippen LogP contribution < -0.4 is 5.32 Å². The SMILES string of the molecule is C=CC=C(C=C)c1nn(C)c2nc(NCC(=O)OC)cc(C(F)(F)F)c12. The first-order valence-corrected chi connectivity index (χ1v) is 7.44. The molecule has 2 rings (SSSR count). The summed E-state index contributed by atoms with van der Waals surface area (Å²) in [6, 6.07) is 0.838. The number of allylic oxidation sites excluding steroid dienone is 4. The molecule has 26 heavy (non-hydrogen) atoms. The van der Waals surface area contributed by atoms with Gasteiger partial charge in [-0.2, -0.15) is 18.3 Å². The van der Waals surface area contributed by atoms with E-state index in [-0.39, 0.29) is 29.1 Å². The minimum Gasteiger partial charge on any atom is -0.468 e. The number of fused-ring (bicyclic) bond motifs is 1. The number of nitrogens with one attached hydrogen (secondary N) is 1. The average molecular weight is 366 g/mol. The summed E-state index contributed by atoms with van der Waals surface area (Å²) in [6.07, 6.45) is -0.309. The summed E-state index contributed by atoms with van der Waals surface area (Å²) in [6.45, 7) is 6.84. The van der Waals surface area contributed by atoms with Crippen LogP contribution in [0.1, 0.15) is 11.3 Å². The zero-order valence-corrected chi connectivity index (χ0v) is 14.2. The number of pyridine rings is 1. The van der Waals surface area contributed by atoms with Crippen molar-refractivity contribution in [3.8, 4) is 0 Å². The van der Waals surface area contributed by atoms with Crippen LogP contribution in [0.25, 0.3) is 16.6 Å². The van der Waals surface area contributed by atoms with Crippen molar-refractivity contribution in [3.05, 3.63) is 48.7 Å². The first kappa shape index (κ1) is 19.2. The maximum absolute atomic E-state index is 13.7. The molecule has 0 aliphatic carbocycles. The maximum atomic E-state index is 13.7. The Bertz CT molecular complexity index is 898. The Morgan fingerprint density at radius 1 is 1.42 bits per heavy atom. The molecule has 0 saturated carbocycles. The van der Waals surface area contributed by atoms with Crippen LogP contribution in [-0.4, -0.2) is 34.4 Å². The lowest BCUT2D eigenvalue weighted by Gasteiger charge is -2.12. The van der Waals surface area contributed by atoms with Gasteiger partial charge >= 0.3 is 12.1 Å². The zero-order valence-electron chi connectivity index (χ0n) is 14.2. The molecule has 2 aromatic heterocycles. The highest BCUT2D eigenvalue weighted by Gasteiger charge is 2.36. The Kier molecular flexibility index (Phi) is 5.49. The molecular weight excluding hydrogens is 349 g/mol. The van der Waals surface area contributed by atoms with E-state index >= 15 is 0 Å². The van der Waals surface area contributed by atoms with Crippen LogP contribution in [0.5, 0.6) is 0 Å². The number of carbonyl (C=O) groups is 1. The molecule has 2 aromatic rings. The molecule has 0 unspecified atom stereocenters. The zero-order chi connectivity index (χ0) is 19.5. The molecule has 0 bridgehead atoms. The van der Waals surface area contributed by atoms with Gasteiger partial charge in [0.2, 0.25) is 0 Å². The first-order chi connectivity index (χ1) is 12.2. The molecule has 0 fully saturated rings. The van der Waals surface area contributed by atoms with Crippen LogP contribution in [-0.2, 0) is 22.8 Å². The molecule has 0 amide bonds. The Balaban J connectivity index is 2.73. The number of aryl methyl sites for hydroxylation is 1. The van der Waals surface area contributed by atoms with Crippen LogP contribution in [0, 0.1) is 0 Å². The first-order valence-electron chi connectivity index (χ1n) is 7.44. The van der Waals surface area contributed by atoms with E-state index in [1.807, 2.05) is 0 Å². The predicted octanol–water partition coefficient (Wildman–Crippen LogP) is 3.33. The minimum atomic E-state index is -4.65. The summed E-state index contributed by atoms with van der Waals surface area (Å²) in [5, 5.41) is 6.52. The topological polar surface area (TPSA) is 69.0 Å². The predicted molar refractivity (Wildman–Crippen MR) is 92.4 cm³/mol. The van der Waals surface area contributed by atoms with E-state index in [4.69, 9.17) is 0 Å². The van der Waals surface area contributed by atoms with Gasteiger partial charge in [0, 0.05) is 12.6 Å². The van der Waals surface area contributed by atoms with Crippen molar-refractivity contribution < 1.29 is 22.7 Å². The fraction of sp³-hybridized carbons (Fsp3) is 0.235. The van der Waals surface area contributed by atoms with Gasteiger partial charge in [-0.15, -0.1) is 0 Å². The highest BCUT2D eigenvalue weighted by atomic mass is 19.4. The standard InChI is InChI=1S/C17H17F3N4O2/c1-5-7-10(6-2)15-14-11(17(18,19)20)8-12(21-9-13(25)26-4)22-16(14)24(3)23-15/h5-8H,1-2,9H2,3-4H3,(H,21,22). The number of nitrogens with zero attached hydrogens (tertiary/aromatic N) is 3. The number of ether oxygens (including phenoxy) is 1. The van der Waals surface area contributed by atoms with Gasteiger partial charge in [-0.1, -0.05) is 31.4 Å². The second-order valence-corrected chi connectivity index (χ2v) is 5.22. The van der Waals surface area contributed by atoms with Gasteiger partial charge in [-0.05, 0) is 6.07 Å². The van der Waals surface area contributed by atoms with Gasteiger partial charge < -0.3 is 10.1 Å². The fourth-order valence-electron chi connectivity index (χ4n) is 2.37. The van der Waals surface area contributed by atoms with Crippen molar-refractivity contribution >= 4 is 28.4 Å². The second kappa shape index (κ2) is 7.42. The smallest absolute Gasteiger partial charge is 0.417 e. The average Bonchev–Trinajstić information content (AvgIpc) is 2.92. The van der Waals surface area contributed by atoms with Gasteiger partial charge in [-0.3, -0.25) is 4.79 Å². The molecule has 0 saturated heterocycles. The largest absolute Gasteiger partial charge is 0.468 e. The van der Waals surface area contributed by atoms with Gasteiger partial charge in [0.25, 0.3) is 0 Å². The summed E-state index contributed by atoms with van der Waals surface area (Å²) < 4.78 is 46.7. The van der Waals surface area contributed by atoms with Gasteiger partial charge in [0.15, 0.2) is 5.65 Å². The fourth-order valence-corrected chi connectivity index (χ4v) is 2.37.